The molecule has 0 unspecified atom stereocenters. The van der Waals surface area contributed by atoms with Crippen molar-refractivity contribution >= 4 is 17.6 Å². The van der Waals surface area contributed by atoms with Crippen LogP contribution in [-0.4, -0.2) is 46.5 Å². The van der Waals surface area contributed by atoms with Crippen LogP contribution >= 0.6 is 0 Å². The van der Waals surface area contributed by atoms with Crippen LogP contribution in [-0.2, 0) is 11.3 Å². The zero-order valence-corrected chi connectivity index (χ0v) is 14.5. The number of carbonyl (C=O) groups is 2. The molecule has 0 bridgehead atoms. The second kappa shape index (κ2) is 8.28. The molecular weight excluding hydrogens is 334 g/mol. The summed E-state index contributed by atoms with van der Waals surface area (Å²) in [5.74, 6) is 0.500. The fourth-order valence-corrected chi connectivity index (χ4v) is 2.79. The van der Waals surface area contributed by atoms with Crippen LogP contribution in [0.1, 0.15) is 18.4 Å². The second-order valence-corrected chi connectivity index (χ2v) is 6.06. The van der Waals surface area contributed by atoms with Crippen LogP contribution in [0, 0.1) is 0 Å². The Bertz CT molecular complexity index is 751. The van der Waals surface area contributed by atoms with E-state index in [0.717, 1.165) is 12.0 Å². The van der Waals surface area contributed by atoms with Crippen molar-refractivity contribution in [3.63, 3.8) is 0 Å². The standard InChI is InChI=1S/C18H21N5O3/c1-26-17-7-5-14(10-20-17)22-18(25)23(11-13-3-2-8-19-9-13)12-15-4-6-16(24)21-15/h2-3,5,7-10,15H,4,6,11-12H2,1H3,(H,21,24)(H,22,25)/t15-/m0/s1. The van der Waals surface area contributed by atoms with Crippen molar-refractivity contribution in [1.82, 2.24) is 20.2 Å². The Morgan fingerprint density at radius 1 is 1.38 bits per heavy atom. The van der Waals surface area contributed by atoms with Crippen LogP contribution in [0.15, 0.2) is 42.9 Å². The summed E-state index contributed by atoms with van der Waals surface area (Å²) in [5, 5.41) is 5.73. The van der Waals surface area contributed by atoms with E-state index in [-0.39, 0.29) is 18.0 Å². The fourth-order valence-electron chi connectivity index (χ4n) is 2.79. The highest BCUT2D eigenvalue weighted by molar-refractivity contribution is 5.89. The number of methoxy groups -OCH3 is 1. The van der Waals surface area contributed by atoms with Crippen LogP contribution in [0.5, 0.6) is 5.88 Å². The zero-order valence-electron chi connectivity index (χ0n) is 14.5. The summed E-state index contributed by atoms with van der Waals surface area (Å²) in [6.45, 7) is 0.825. The van der Waals surface area contributed by atoms with E-state index in [9.17, 15) is 9.59 Å². The van der Waals surface area contributed by atoms with Gasteiger partial charge in [0, 0.05) is 44.0 Å². The van der Waals surface area contributed by atoms with E-state index in [0.29, 0.717) is 31.1 Å². The molecule has 26 heavy (non-hydrogen) atoms. The first kappa shape index (κ1) is 17.7. The molecule has 3 amide bonds. The van der Waals surface area contributed by atoms with Crippen LogP contribution < -0.4 is 15.4 Å². The third-order valence-electron chi connectivity index (χ3n) is 4.11. The monoisotopic (exact) mass is 355 g/mol. The average Bonchev–Trinajstić information content (AvgIpc) is 3.07. The van der Waals surface area contributed by atoms with Gasteiger partial charge in [-0.2, -0.15) is 0 Å². The predicted octanol–water partition coefficient (Wildman–Crippen LogP) is 1.80. The Kier molecular flexibility index (Phi) is 5.62. The Morgan fingerprint density at radius 3 is 2.88 bits per heavy atom. The molecule has 0 aromatic carbocycles. The lowest BCUT2D eigenvalue weighted by molar-refractivity contribution is -0.119. The number of amides is 3. The molecule has 1 atom stereocenters. The SMILES string of the molecule is COc1ccc(NC(=O)N(Cc2cccnc2)C[C@@H]2CCC(=O)N2)cn1. The summed E-state index contributed by atoms with van der Waals surface area (Å²) >= 11 is 0. The van der Waals surface area contributed by atoms with Crippen LogP contribution in [0.3, 0.4) is 0 Å². The number of urea groups is 1. The van der Waals surface area contributed by atoms with Gasteiger partial charge in [0.05, 0.1) is 19.0 Å². The molecule has 8 nitrogen and oxygen atoms in total. The van der Waals surface area contributed by atoms with Gasteiger partial charge in [-0.05, 0) is 24.1 Å². The molecule has 1 aliphatic rings. The number of hydrogen-bond acceptors (Lipinski definition) is 5. The summed E-state index contributed by atoms with van der Waals surface area (Å²) in [5.41, 5.74) is 1.49. The van der Waals surface area contributed by atoms with E-state index in [2.05, 4.69) is 20.6 Å². The van der Waals surface area contributed by atoms with E-state index in [1.54, 1.807) is 29.4 Å². The topological polar surface area (TPSA) is 96.5 Å². The largest absolute Gasteiger partial charge is 0.481 e. The van der Waals surface area contributed by atoms with Crippen molar-refractivity contribution in [2.45, 2.75) is 25.4 Å². The molecule has 2 N–H and O–H groups in total. The molecule has 3 rings (SSSR count). The fraction of sp³-hybridized carbons (Fsp3) is 0.333. The molecule has 1 fully saturated rings. The van der Waals surface area contributed by atoms with E-state index in [1.807, 2.05) is 12.1 Å². The maximum absolute atomic E-state index is 12.8. The van der Waals surface area contributed by atoms with Crippen LogP contribution in [0.25, 0.3) is 0 Å². The summed E-state index contributed by atoms with van der Waals surface area (Å²) in [6, 6.07) is 6.84. The minimum atomic E-state index is -0.262. The third kappa shape index (κ3) is 4.69. The van der Waals surface area contributed by atoms with Crippen molar-refractivity contribution < 1.29 is 14.3 Å². The van der Waals surface area contributed by atoms with E-state index >= 15 is 0 Å². The van der Waals surface area contributed by atoms with Crippen molar-refractivity contribution in [1.29, 1.82) is 0 Å². The Labute approximate surface area is 151 Å². The van der Waals surface area contributed by atoms with Gasteiger partial charge in [0.15, 0.2) is 0 Å². The van der Waals surface area contributed by atoms with Gasteiger partial charge >= 0.3 is 6.03 Å². The molecule has 8 heteroatoms. The Hall–Kier alpha value is -3.16. The summed E-state index contributed by atoms with van der Waals surface area (Å²) < 4.78 is 5.02. The molecule has 0 saturated carbocycles. The lowest BCUT2D eigenvalue weighted by Crippen LogP contribution is -2.43. The van der Waals surface area contributed by atoms with Gasteiger partial charge in [0.25, 0.3) is 0 Å². The van der Waals surface area contributed by atoms with Gasteiger partial charge < -0.3 is 20.3 Å². The van der Waals surface area contributed by atoms with E-state index in [4.69, 9.17) is 4.74 Å². The molecule has 0 aliphatic carbocycles. The number of nitrogens with zero attached hydrogens (tertiary/aromatic N) is 3. The summed E-state index contributed by atoms with van der Waals surface area (Å²) in [6.07, 6.45) is 6.17. The lowest BCUT2D eigenvalue weighted by atomic mass is 10.2. The number of nitrogens with one attached hydrogen (secondary N) is 2. The number of hydrogen-bond donors (Lipinski definition) is 2. The molecule has 3 heterocycles. The zero-order chi connectivity index (χ0) is 18.4. The number of pyridine rings is 2. The number of rotatable bonds is 6. The van der Waals surface area contributed by atoms with Gasteiger partial charge in [-0.1, -0.05) is 6.07 Å². The number of aromatic nitrogens is 2. The summed E-state index contributed by atoms with van der Waals surface area (Å²) in [4.78, 5) is 34.1. The highest BCUT2D eigenvalue weighted by Crippen LogP contribution is 2.15. The van der Waals surface area contributed by atoms with Crippen molar-refractivity contribution in [3.8, 4) is 5.88 Å². The first-order valence-corrected chi connectivity index (χ1v) is 8.38. The molecule has 136 valence electrons. The minimum Gasteiger partial charge on any atom is -0.481 e. The minimum absolute atomic E-state index is 0.0242. The third-order valence-corrected chi connectivity index (χ3v) is 4.11. The summed E-state index contributed by atoms with van der Waals surface area (Å²) in [7, 11) is 1.53. The number of ether oxygens (including phenoxy) is 1. The van der Waals surface area contributed by atoms with E-state index in [1.165, 1.54) is 13.3 Å². The van der Waals surface area contributed by atoms with Crippen LogP contribution in [0.2, 0.25) is 0 Å². The average molecular weight is 355 g/mol. The Balaban J connectivity index is 1.69. The van der Waals surface area contributed by atoms with Gasteiger partial charge in [0.2, 0.25) is 11.8 Å². The van der Waals surface area contributed by atoms with Crippen molar-refractivity contribution in [2.24, 2.45) is 0 Å². The highest BCUT2D eigenvalue weighted by atomic mass is 16.5. The molecule has 2 aromatic heterocycles. The van der Waals surface area contributed by atoms with Gasteiger partial charge in [0.1, 0.15) is 0 Å². The normalized spacial score (nSPS) is 16.0. The molecule has 1 aliphatic heterocycles. The number of carbonyl (C=O) groups excluding carboxylic acids is 2. The van der Waals surface area contributed by atoms with E-state index < -0.39 is 0 Å². The van der Waals surface area contributed by atoms with Gasteiger partial charge in [-0.15, -0.1) is 0 Å². The Morgan fingerprint density at radius 2 is 2.27 bits per heavy atom. The quantitative estimate of drug-likeness (QED) is 0.824. The lowest BCUT2D eigenvalue weighted by Gasteiger charge is -2.26. The first-order valence-electron chi connectivity index (χ1n) is 8.38. The highest BCUT2D eigenvalue weighted by Gasteiger charge is 2.25. The maximum Gasteiger partial charge on any atom is 0.322 e. The first-order chi connectivity index (χ1) is 12.6. The van der Waals surface area contributed by atoms with Crippen molar-refractivity contribution in [3.05, 3.63) is 48.4 Å². The molecule has 0 spiro atoms. The van der Waals surface area contributed by atoms with Gasteiger partial charge in [-0.3, -0.25) is 9.78 Å². The maximum atomic E-state index is 12.8. The number of anilines is 1. The van der Waals surface area contributed by atoms with Crippen molar-refractivity contribution in [2.75, 3.05) is 19.0 Å². The molecular formula is C18H21N5O3. The predicted molar refractivity (Wildman–Crippen MR) is 95.6 cm³/mol. The second-order valence-electron chi connectivity index (χ2n) is 6.06. The molecule has 2 aromatic rings. The molecule has 1 saturated heterocycles. The smallest absolute Gasteiger partial charge is 0.322 e. The van der Waals surface area contributed by atoms with Crippen LogP contribution in [0.4, 0.5) is 10.5 Å². The molecule has 0 radical (unpaired) electrons. The van der Waals surface area contributed by atoms with Gasteiger partial charge in [-0.25, -0.2) is 9.78 Å².